The van der Waals surface area contributed by atoms with Crippen LogP contribution in [0.3, 0.4) is 0 Å². The first-order valence-electron chi connectivity index (χ1n) is 7.44. The number of anilines is 1. The van der Waals surface area contributed by atoms with Crippen LogP contribution in [0.4, 0.5) is 5.82 Å². The van der Waals surface area contributed by atoms with Gasteiger partial charge in [-0.3, -0.25) is 9.48 Å². The predicted molar refractivity (Wildman–Crippen MR) is 89.4 cm³/mol. The standard InChI is InChI=1S/C18H18N4O/c1-13-11-14(2)22(21-13)12-15-6-8-16(9-7-15)18(23)20-17-5-3-4-10-19-17/h3-11H,12H2,1-2H3,(H,19,20,23). The van der Waals surface area contributed by atoms with Crippen molar-refractivity contribution in [2.45, 2.75) is 20.4 Å². The number of carbonyl (C=O) groups is 1. The van der Waals surface area contributed by atoms with Gasteiger partial charge in [-0.15, -0.1) is 0 Å². The van der Waals surface area contributed by atoms with Crippen molar-refractivity contribution in [2.75, 3.05) is 5.32 Å². The van der Waals surface area contributed by atoms with E-state index in [1.807, 2.05) is 54.9 Å². The van der Waals surface area contributed by atoms with Crippen LogP contribution in [0.15, 0.2) is 54.7 Å². The SMILES string of the molecule is Cc1cc(C)n(Cc2ccc(C(=O)Nc3ccccn3)cc2)n1. The van der Waals surface area contributed by atoms with Crippen molar-refractivity contribution in [3.8, 4) is 0 Å². The summed E-state index contributed by atoms with van der Waals surface area (Å²) in [7, 11) is 0. The molecular formula is C18H18N4O. The predicted octanol–water partition coefficient (Wildman–Crippen LogP) is 3.20. The number of pyridine rings is 1. The largest absolute Gasteiger partial charge is 0.307 e. The molecule has 1 amide bonds. The molecule has 116 valence electrons. The smallest absolute Gasteiger partial charge is 0.256 e. The number of rotatable bonds is 4. The van der Waals surface area contributed by atoms with E-state index < -0.39 is 0 Å². The van der Waals surface area contributed by atoms with Gasteiger partial charge in [0.25, 0.3) is 5.91 Å². The van der Waals surface area contributed by atoms with E-state index in [4.69, 9.17) is 0 Å². The van der Waals surface area contributed by atoms with E-state index in [9.17, 15) is 4.79 Å². The molecule has 0 saturated carbocycles. The summed E-state index contributed by atoms with van der Waals surface area (Å²) in [4.78, 5) is 16.3. The van der Waals surface area contributed by atoms with Crippen LogP contribution >= 0.6 is 0 Å². The summed E-state index contributed by atoms with van der Waals surface area (Å²) < 4.78 is 1.96. The van der Waals surface area contributed by atoms with E-state index in [-0.39, 0.29) is 5.91 Å². The Morgan fingerprint density at radius 1 is 1.13 bits per heavy atom. The van der Waals surface area contributed by atoms with Gasteiger partial charge in [0.05, 0.1) is 12.2 Å². The highest BCUT2D eigenvalue weighted by Gasteiger charge is 2.07. The Labute approximate surface area is 135 Å². The second kappa shape index (κ2) is 6.44. The number of aromatic nitrogens is 3. The van der Waals surface area contributed by atoms with Gasteiger partial charge in [-0.2, -0.15) is 5.10 Å². The van der Waals surface area contributed by atoms with Crippen LogP contribution in [0.2, 0.25) is 0 Å². The Morgan fingerprint density at radius 3 is 2.52 bits per heavy atom. The fraction of sp³-hybridized carbons (Fsp3) is 0.167. The van der Waals surface area contributed by atoms with Crippen molar-refractivity contribution in [1.29, 1.82) is 0 Å². The molecule has 0 radical (unpaired) electrons. The third kappa shape index (κ3) is 3.63. The summed E-state index contributed by atoms with van der Waals surface area (Å²) >= 11 is 0. The van der Waals surface area contributed by atoms with Crippen LogP contribution in [0, 0.1) is 13.8 Å². The number of aryl methyl sites for hydroxylation is 2. The molecule has 0 aliphatic carbocycles. The number of benzene rings is 1. The van der Waals surface area contributed by atoms with E-state index in [1.54, 1.807) is 12.3 Å². The fourth-order valence-corrected chi connectivity index (χ4v) is 2.39. The average molecular weight is 306 g/mol. The molecule has 1 N–H and O–H groups in total. The lowest BCUT2D eigenvalue weighted by atomic mass is 10.1. The van der Waals surface area contributed by atoms with Gasteiger partial charge in [-0.05, 0) is 49.7 Å². The lowest BCUT2D eigenvalue weighted by Crippen LogP contribution is -2.13. The summed E-state index contributed by atoms with van der Waals surface area (Å²) in [5.74, 6) is 0.380. The first-order valence-corrected chi connectivity index (χ1v) is 7.44. The van der Waals surface area contributed by atoms with Crippen LogP contribution in [0.5, 0.6) is 0 Å². The second-order valence-electron chi connectivity index (χ2n) is 5.45. The zero-order chi connectivity index (χ0) is 16.2. The molecular weight excluding hydrogens is 288 g/mol. The van der Waals surface area contributed by atoms with E-state index in [0.29, 0.717) is 17.9 Å². The van der Waals surface area contributed by atoms with Crippen molar-refractivity contribution in [2.24, 2.45) is 0 Å². The summed E-state index contributed by atoms with van der Waals surface area (Å²) in [5.41, 5.74) is 3.84. The van der Waals surface area contributed by atoms with Gasteiger partial charge in [-0.25, -0.2) is 4.98 Å². The quantitative estimate of drug-likeness (QED) is 0.805. The van der Waals surface area contributed by atoms with Gasteiger partial charge in [0.1, 0.15) is 5.82 Å². The highest BCUT2D eigenvalue weighted by molar-refractivity contribution is 6.03. The lowest BCUT2D eigenvalue weighted by Gasteiger charge is -2.07. The molecule has 5 nitrogen and oxygen atoms in total. The topological polar surface area (TPSA) is 59.8 Å². The molecule has 0 spiro atoms. The van der Waals surface area contributed by atoms with Crippen molar-refractivity contribution < 1.29 is 4.79 Å². The molecule has 2 aromatic heterocycles. The van der Waals surface area contributed by atoms with E-state index in [1.165, 1.54) is 0 Å². The lowest BCUT2D eigenvalue weighted by molar-refractivity contribution is 0.102. The molecule has 1 aromatic carbocycles. The molecule has 23 heavy (non-hydrogen) atoms. The van der Waals surface area contributed by atoms with E-state index in [2.05, 4.69) is 21.5 Å². The van der Waals surface area contributed by atoms with Crippen LogP contribution in [0.25, 0.3) is 0 Å². The summed E-state index contributed by atoms with van der Waals surface area (Å²) in [5, 5.41) is 7.22. The minimum atomic E-state index is -0.165. The molecule has 3 aromatic rings. The first-order chi connectivity index (χ1) is 11.1. The highest BCUT2D eigenvalue weighted by atomic mass is 16.1. The number of hydrogen-bond donors (Lipinski definition) is 1. The molecule has 3 rings (SSSR count). The van der Waals surface area contributed by atoms with Gasteiger partial charge in [-0.1, -0.05) is 18.2 Å². The molecule has 0 aliphatic rings. The Morgan fingerprint density at radius 2 is 1.91 bits per heavy atom. The fourth-order valence-electron chi connectivity index (χ4n) is 2.39. The van der Waals surface area contributed by atoms with Gasteiger partial charge in [0.2, 0.25) is 0 Å². The number of hydrogen-bond acceptors (Lipinski definition) is 3. The molecule has 2 heterocycles. The maximum Gasteiger partial charge on any atom is 0.256 e. The summed E-state index contributed by atoms with van der Waals surface area (Å²) in [6, 6.07) is 15.0. The van der Waals surface area contributed by atoms with E-state index in [0.717, 1.165) is 17.0 Å². The monoisotopic (exact) mass is 306 g/mol. The van der Waals surface area contributed by atoms with Crippen molar-refractivity contribution >= 4 is 11.7 Å². The highest BCUT2D eigenvalue weighted by Crippen LogP contribution is 2.11. The molecule has 0 unspecified atom stereocenters. The van der Waals surface area contributed by atoms with E-state index >= 15 is 0 Å². The van der Waals surface area contributed by atoms with Crippen LogP contribution in [0.1, 0.15) is 27.3 Å². The summed E-state index contributed by atoms with van der Waals surface area (Å²) in [6.45, 7) is 4.71. The zero-order valence-electron chi connectivity index (χ0n) is 13.2. The Kier molecular flexibility index (Phi) is 4.19. The minimum absolute atomic E-state index is 0.165. The molecule has 0 fully saturated rings. The normalized spacial score (nSPS) is 10.5. The third-order valence-corrected chi connectivity index (χ3v) is 3.56. The number of amides is 1. The number of nitrogens with one attached hydrogen (secondary N) is 1. The summed E-state index contributed by atoms with van der Waals surface area (Å²) in [6.07, 6.45) is 1.65. The molecule has 0 aliphatic heterocycles. The van der Waals surface area contributed by atoms with Crippen LogP contribution < -0.4 is 5.32 Å². The van der Waals surface area contributed by atoms with Crippen molar-refractivity contribution in [3.63, 3.8) is 0 Å². The maximum atomic E-state index is 12.2. The average Bonchev–Trinajstić information content (AvgIpc) is 2.86. The third-order valence-electron chi connectivity index (χ3n) is 3.56. The molecule has 5 heteroatoms. The molecule has 0 saturated heterocycles. The van der Waals surface area contributed by atoms with Gasteiger partial charge in [0, 0.05) is 17.5 Å². The van der Waals surface area contributed by atoms with Crippen LogP contribution in [-0.4, -0.2) is 20.7 Å². The maximum absolute atomic E-state index is 12.2. The second-order valence-corrected chi connectivity index (χ2v) is 5.45. The number of nitrogens with zero attached hydrogens (tertiary/aromatic N) is 3. The van der Waals surface area contributed by atoms with Gasteiger partial charge in [0.15, 0.2) is 0 Å². The van der Waals surface area contributed by atoms with Crippen molar-refractivity contribution in [1.82, 2.24) is 14.8 Å². The Bertz CT molecular complexity index is 807. The Hall–Kier alpha value is -2.95. The van der Waals surface area contributed by atoms with Crippen molar-refractivity contribution in [3.05, 3.63) is 77.2 Å². The number of carbonyl (C=O) groups excluding carboxylic acids is 1. The van der Waals surface area contributed by atoms with Crippen LogP contribution in [-0.2, 0) is 6.54 Å². The Balaban J connectivity index is 1.69. The van der Waals surface area contributed by atoms with Gasteiger partial charge >= 0.3 is 0 Å². The molecule has 0 atom stereocenters. The van der Waals surface area contributed by atoms with Gasteiger partial charge < -0.3 is 5.32 Å². The molecule has 0 bridgehead atoms. The first kappa shape index (κ1) is 15.0. The minimum Gasteiger partial charge on any atom is -0.307 e. The zero-order valence-corrected chi connectivity index (χ0v) is 13.2.